The van der Waals surface area contributed by atoms with Crippen molar-refractivity contribution in [3.05, 3.63) is 70.1 Å². The second-order valence-corrected chi connectivity index (χ2v) is 11.8. The van der Waals surface area contributed by atoms with Gasteiger partial charge in [0.05, 0.1) is 21.7 Å². The summed E-state index contributed by atoms with van der Waals surface area (Å²) in [5.41, 5.74) is 3.22. The number of carbonyl (C=O) groups excluding carboxylic acids is 2. The highest BCUT2D eigenvalue weighted by Crippen LogP contribution is 2.51. The quantitative estimate of drug-likeness (QED) is 0.468. The van der Waals surface area contributed by atoms with Gasteiger partial charge in [-0.25, -0.2) is 8.78 Å². The zero-order valence-electron chi connectivity index (χ0n) is 20.3. The lowest BCUT2D eigenvalue weighted by Gasteiger charge is -2.41. The van der Waals surface area contributed by atoms with Gasteiger partial charge in [-0.2, -0.15) is 0 Å². The van der Waals surface area contributed by atoms with E-state index in [2.05, 4.69) is 15.1 Å². The first-order valence-electron chi connectivity index (χ1n) is 12.0. The van der Waals surface area contributed by atoms with Crippen molar-refractivity contribution >= 4 is 62.6 Å². The van der Waals surface area contributed by atoms with Crippen LogP contribution in [0, 0.1) is 11.6 Å². The average Bonchev–Trinajstić information content (AvgIpc) is 3.33. The number of hydrogen-bond donors (Lipinski definition) is 1. The molecule has 2 fully saturated rings. The van der Waals surface area contributed by atoms with Crippen molar-refractivity contribution in [3.63, 3.8) is 0 Å². The number of hydrogen-bond acceptors (Lipinski definition) is 6. The molecular formula is C27H24F2N4O2S2. The number of halogens is 2. The number of rotatable bonds is 3. The topological polar surface area (TPSA) is 55.9 Å². The lowest BCUT2D eigenvalue weighted by Crippen LogP contribution is -2.49. The summed E-state index contributed by atoms with van der Waals surface area (Å²) in [6.07, 6.45) is 2.03. The fourth-order valence-electron chi connectivity index (χ4n) is 5.61. The fourth-order valence-corrected chi connectivity index (χ4v) is 6.72. The van der Waals surface area contributed by atoms with Crippen LogP contribution in [0.3, 0.4) is 0 Å². The van der Waals surface area contributed by atoms with Crippen molar-refractivity contribution in [1.29, 1.82) is 0 Å². The van der Waals surface area contributed by atoms with Gasteiger partial charge in [-0.1, -0.05) is 30.1 Å². The Kier molecular flexibility index (Phi) is 5.74. The number of amides is 2. The molecule has 190 valence electrons. The maximum absolute atomic E-state index is 15.0. The Morgan fingerprint density at radius 2 is 1.68 bits per heavy atom. The largest absolute Gasteiger partial charge is 0.369 e. The van der Waals surface area contributed by atoms with Gasteiger partial charge in [0.2, 0.25) is 0 Å². The summed E-state index contributed by atoms with van der Waals surface area (Å²) in [6.45, 7) is 7.66. The van der Waals surface area contributed by atoms with Gasteiger partial charge in [0.25, 0.3) is 11.8 Å². The van der Waals surface area contributed by atoms with Gasteiger partial charge >= 0.3 is 0 Å². The molecule has 2 aromatic carbocycles. The minimum Gasteiger partial charge on any atom is -0.369 e. The molecule has 0 aromatic heterocycles. The van der Waals surface area contributed by atoms with Gasteiger partial charge in [0.1, 0.15) is 16.0 Å². The highest BCUT2D eigenvalue weighted by molar-refractivity contribution is 8.27. The number of thioether (sulfide) groups is 1. The summed E-state index contributed by atoms with van der Waals surface area (Å²) >= 11 is 6.17. The van der Waals surface area contributed by atoms with E-state index in [9.17, 15) is 18.4 Å². The van der Waals surface area contributed by atoms with E-state index < -0.39 is 17.3 Å². The lowest BCUT2D eigenvalue weighted by atomic mass is 9.87. The Balaban J connectivity index is 1.32. The van der Waals surface area contributed by atoms with Crippen LogP contribution < -0.4 is 15.1 Å². The number of carbonyl (C=O) groups is 2. The van der Waals surface area contributed by atoms with Gasteiger partial charge in [0, 0.05) is 49.5 Å². The van der Waals surface area contributed by atoms with Crippen LogP contribution in [-0.2, 0) is 9.59 Å². The van der Waals surface area contributed by atoms with Gasteiger partial charge in [0.15, 0.2) is 0 Å². The average molecular weight is 539 g/mol. The minimum absolute atomic E-state index is 0.203. The van der Waals surface area contributed by atoms with E-state index in [1.165, 1.54) is 24.3 Å². The van der Waals surface area contributed by atoms with E-state index in [-0.39, 0.29) is 26.5 Å². The predicted octanol–water partition coefficient (Wildman–Crippen LogP) is 4.17. The Labute approximate surface area is 223 Å². The van der Waals surface area contributed by atoms with E-state index in [1.807, 2.05) is 19.9 Å². The molecular weight excluding hydrogens is 514 g/mol. The Hall–Kier alpha value is -3.08. The molecule has 37 heavy (non-hydrogen) atoms. The molecule has 2 aromatic rings. The highest BCUT2D eigenvalue weighted by atomic mass is 32.2. The lowest BCUT2D eigenvalue weighted by molar-refractivity contribution is -0.116. The second kappa shape index (κ2) is 8.75. The number of piperazine rings is 1. The molecule has 4 aliphatic rings. The van der Waals surface area contributed by atoms with Gasteiger partial charge in [-0.15, -0.1) is 0 Å². The molecule has 10 heteroatoms. The third-order valence-electron chi connectivity index (χ3n) is 7.24. The van der Waals surface area contributed by atoms with Crippen molar-refractivity contribution in [2.75, 3.05) is 42.5 Å². The van der Waals surface area contributed by atoms with Crippen LogP contribution in [0.2, 0.25) is 0 Å². The molecule has 0 atom stereocenters. The second-order valence-electron chi connectivity index (χ2n) is 10.1. The third kappa shape index (κ3) is 4.07. The molecule has 0 spiro atoms. The molecule has 4 heterocycles. The first-order valence-corrected chi connectivity index (χ1v) is 13.3. The van der Waals surface area contributed by atoms with Crippen molar-refractivity contribution in [3.8, 4) is 0 Å². The molecule has 6 nitrogen and oxygen atoms in total. The summed E-state index contributed by atoms with van der Waals surface area (Å²) < 4.78 is 28.6. The van der Waals surface area contributed by atoms with Crippen molar-refractivity contribution in [2.24, 2.45) is 0 Å². The first kappa shape index (κ1) is 24.3. The molecule has 0 bridgehead atoms. The smallest absolute Gasteiger partial charge is 0.264 e. The van der Waals surface area contributed by atoms with Crippen LogP contribution in [-0.4, -0.2) is 59.3 Å². The van der Waals surface area contributed by atoms with Crippen molar-refractivity contribution in [1.82, 2.24) is 10.2 Å². The molecule has 0 radical (unpaired) electrons. The number of nitrogens with one attached hydrogen (secondary N) is 1. The van der Waals surface area contributed by atoms with Crippen molar-refractivity contribution in [2.45, 2.75) is 19.4 Å². The number of benzene rings is 2. The summed E-state index contributed by atoms with van der Waals surface area (Å²) in [7, 11) is 0. The molecule has 2 saturated heterocycles. The number of nitrogens with zero attached hydrogens (tertiary/aromatic N) is 3. The van der Waals surface area contributed by atoms with E-state index in [0.29, 0.717) is 23.4 Å². The molecule has 0 aliphatic carbocycles. The van der Waals surface area contributed by atoms with Crippen LogP contribution in [0.1, 0.15) is 25.0 Å². The first-order chi connectivity index (χ1) is 17.6. The summed E-state index contributed by atoms with van der Waals surface area (Å²) in [6, 6.07) is 9.35. The zero-order chi connectivity index (χ0) is 26.1. The summed E-state index contributed by atoms with van der Waals surface area (Å²) in [5, 5.41) is 2.57. The van der Waals surface area contributed by atoms with Crippen molar-refractivity contribution < 1.29 is 18.4 Å². The van der Waals surface area contributed by atoms with Gasteiger partial charge in [-0.3, -0.25) is 19.4 Å². The molecule has 6 rings (SSSR count). The molecule has 4 aliphatic heterocycles. The van der Waals surface area contributed by atoms with Crippen LogP contribution in [0.15, 0.2) is 47.4 Å². The van der Waals surface area contributed by atoms with Gasteiger partial charge < -0.3 is 10.2 Å². The Morgan fingerprint density at radius 1 is 1.00 bits per heavy atom. The number of anilines is 2. The fraction of sp³-hybridized carbons (Fsp3) is 0.296. The minimum atomic E-state index is -0.676. The Bertz CT molecular complexity index is 1430. The SMILES string of the molecule is CC1(C)C=C(CN2CCN(c3ccc(F)cc3)CC2)c2cc(F)cc3c2N1C(=O)C3=C1SC(=S)NC1=O. The monoisotopic (exact) mass is 538 g/mol. The molecule has 0 unspecified atom stereocenters. The van der Waals surface area contributed by atoms with Gasteiger partial charge in [-0.05, 0) is 55.8 Å². The molecule has 0 saturated carbocycles. The van der Waals surface area contributed by atoms with Crippen LogP contribution in [0.25, 0.3) is 11.1 Å². The maximum Gasteiger partial charge on any atom is 0.264 e. The maximum atomic E-state index is 15.0. The normalized spacial score (nSPS) is 22.9. The molecule has 1 N–H and O–H groups in total. The van der Waals surface area contributed by atoms with Crippen LogP contribution >= 0.6 is 24.0 Å². The van der Waals surface area contributed by atoms with Crippen LogP contribution in [0.5, 0.6) is 0 Å². The van der Waals surface area contributed by atoms with E-state index >= 15 is 0 Å². The third-order valence-corrected chi connectivity index (χ3v) is 8.47. The standard InChI is InChI=1S/C27H24F2N4O2S2/c1-27(2)13-15(14-31-7-9-32(10-8-31)18-5-3-16(28)4-6-18)19-11-17(29)12-20-21(25(35)33(27)22(19)20)23-24(34)30-26(36)37-23/h3-6,11-13H,7-10,14H2,1-2H3,(H,30,34,36). The highest BCUT2D eigenvalue weighted by Gasteiger charge is 2.48. The Morgan fingerprint density at radius 3 is 2.32 bits per heavy atom. The number of thiocarbonyl (C=S) groups is 1. The van der Waals surface area contributed by atoms with E-state index in [4.69, 9.17) is 12.2 Å². The van der Waals surface area contributed by atoms with E-state index in [1.54, 1.807) is 17.0 Å². The molecule has 2 amide bonds. The zero-order valence-corrected chi connectivity index (χ0v) is 21.9. The van der Waals surface area contributed by atoms with Crippen LogP contribution in [0.4, 0.5) is 20.2 Å². The van der Waals surface area contributed by atoms with E-state index in [0.717, 1.165) is 49.2 Å². The summed E-state index contributed by atoms with van der Waals surface area (Å²) in [5.74, 6) is -1.46. The predicted molar refractivity (Wildman–Crippen MR) is 146 cm³/mol. The summed E-state index contributed by atoms with van der Waals surface area (Å²) in [4.78, 5) is 32.7.